The summed E-state index contributed by atoms with van der Waals surface area (Å²) >= 11 is 3.31. The third-order valence-electron chi connectivity index (χ3n) is 4.14. The second kappa shape index (κ2) is 7.19. The lowest BCUT2D eigenvalue weighted by molar-refractivity contribution is -0.116. The maximum Gasteiger partial charge on any atom is 0.261 e. The van der Waals surface area contributed by atoms with Crippen LogP contribution in [0.4, 0.5) is 5.69 Å². The van der Waals surface area contributed by atoms with Gasteiger partial charge in [-0.2, -0.15) is 0 Å². The van der Waals surface area contributed by atoms with Gasteiger partial charge in [-0.05, 0) is 43.2 Å². The van der Waals surface area contributed by atoms with Gasteiger partial charge in [-0.15, -0.1) is 0 Å². The molecule has 128 valence electrons. The Kier molecular flexibility index (Phi) is 4.99. The first-order valence-electron chi connectivity index (χ1n) is 7.98. The molecule has 0 bridgehead atoms. The highest BCUT2D eigenvalue weighted by molar-refractivity contribution is 9.10. The molecule has 0 atom stereocenters. The molecule has 25 heavy (non-hydrogen) atoms. The first kappa shape index (κ1) is 17.4. The van der Waals surface area contributed by atoms with E-state index in [1.165, 1.54) is 4.90 Å². The summed E-state index contributed by atoms with van der Waals surface area (Å²) in [6.45, 7) is 2.15. The summed E-state index contributed by atoms with van der Waals surface area (Å²) in [4.78, 5) is 37.9. The molecule has 2 aromatic carbocycles. The molecular formula is C19H17BrN2O3. The molecule has 3 rings (SSSR count). The van der Waals surface area contributed by atoms with E-state index >= 15 is 0 Å². The topological polar surface area (TPSA) is 66.5 Å². The van der Waals surface area contributed by atoms with Gasteiger partial charge in [0.25, 0.3) is 11.8 Å². The van der Waals surface area contributed by atoms with Crippen LogP contribution < -0.4 is 5.32 Å². The molecule has 0 aliphatic carbocycles. The molecule has 6 heteroatoms. The summed E-state index contributed by atoms with van der Waals surface area (Å²) in [6, 6.07) is 12.6. The van der Waals surface area contributed by atoms with Crippen LogP contribution in [0.2, 0.25) is 0 Å². The van der Waals surface area contributed by atoms with Crippen molar-refractivity contribution in [2.24, 2.45) is 0 Å². The van der Waals surface area contributed by atoms with E-state index in [1.807, 2.05) is 31.2 Å². The maximum atomic E-state index is 12.4. The molecule has 0 radical (unpaired) electrons. The number of hydrogen-bond donors (Lipinski definition) is 1. The Morgan fingerprint density at radius 3 is 2.56 bits per heavy atom. The smallest absolute Gasteiger partial charge is 0.261 e. The van der Waals surface area contributed by atoms with Gasteiger partial charge in [0.15, 0.2) is 0 Å². The van der Waals surface area contributed by atoms with Gasteiger partial charge in [0.1, 0.15) is 0 Å². The van der Waals surface area contributed by atoms with Crippen LogP contribution in [0.5, 0.6) is 0 Å². The zero-order valence-corrected chi connectivity index (χ0v) is 15.3. The van der Waals surface area contributed by atoms with E-state index in [-0.39, 0.29) is 30.7 Å². The van der Waals surface area contributed by atoms with Gasteiger partial charge in [-0.25, -0.2) is 0 Å². The number of carbonyl (C=O) groups is 3. The molecule has 1 heterocycles. The summed E-state index contributed by atoms with van der Waals surface area (Å²) in [5.41, 5.74) is 2.58. The fourth-order valence-electron chi connectivity index (χ4n) is 2.79. The Labute approximate surface area is 154 Å². The molecule has 5 nitrogen and oxygen atoms in total. The van der Waals surface area contributed by atoms with Gasteiger partial charge < -0.3 is 5.32 Å². The molecule has 1 aliphatic rings. The number of nitrogens with zero attached hydrogens (tertiary/aromatic N) is 1. The molecule has 0 spiro atoms. The van der Waals surface area contributed by atoms with Crippen LogP contribution in [-0.4, -0.2) is 29.2 Å². The molecule has 0 unspecified atom stereocenters. The van der Waals surface area contributed by atoms with Gasteiger partial charge in [0.2, 0.25) is 5.91 Å². The molecule has 2 aromatic rings. The van der Waals surface area contributed by atoms with Crippen LogP contribution >= 0.6 is 15.9 Å². The van der Waals surface area contributed by atoms with E-state index in [4.69, 9.17) is 0 Å². The van der Waals surface area contributed by atoms with E-state index in [9.17, 15) is 14.4 Å². The zero-order chi connectivity index (χ0) is 18.0. The highest BCUT2D eigenvalue weighted by Crippen LogP contribution is 2.26. The third kappa shape index (κ3) is 3.64. The van der Waals surface area contributed by atoms with Crippen molar-refractivity contribution >= 4 is 39.3 Å². The molecule has 1 aliphatic heterocycles. The van der Waals surface area contributed by atoms with Crippen LogP contribution in [-0.2, 0) is 4.79 Å². The minimum atomic E-state index is -0.305. The number of aryl methyl sites for hydroxylation is 1. The minimum absolute atomic E-state index is 0.131. The first-order valence-corrected chi connectivity index (χ1v) is 8.78. The van der Waals surface area contributed by atoms with Crippen molar-refractivity contribution in [1.82, 2.24) is 4.90 Å². The number of imide groups is 1. The number of fused-ring (bicyclic) bond motifs is 1. The highest BCUT2D eigenvalue weighted by Gasteiger charge is 2.35. The largest absolute Gasteiger partial charge is 0.326 e. The van der Waals surface area contributed by atoms with Gasteiger partial charge >= 0.3 is 0 Å². The number of benzene rings is 2. The summed E-state index contributed by atoms with van der Waals surface area (Å²) in [5.74, 6) is -0.735. The summed E-state index contributed by atoms with van der Waals surface area (Å²) < 4.78 is 0.756. The van der Waals surface area contributed by atoms with Crippen molar-refractivity contribution in [3.05, 3.63) is 63.6 Å². The second-order valence-electron chi connectivity index (χ2n) is 5.92. The number of carbonyl (C=O) groups excluding carboxylic acids is 3. The molecule has 0 fully saturated rings. The zero-order valence-electron chi connectivity index (χ0n) is 13.7. The van der Waals surface area contributed by atoms with Crippen LogP contribution in [0.25, 0.3) is 0 Å². The molecule has 1 N–H and O–H groups in total. The SMILES string of the molecule is Cc1ccccc1NC(=O)CCCN1C(=O)c2ccc(Br)cc2C1=O. The van der Waals surface area contributed by atoms with Crippen LogP contribution in [0, 0.1) is 6.92 Å². The Morgan fingerprint density at radius 1 is 1.08 bits per heavy atom. The van der Waals surface area contributed by atoms with Gasteiger partial charge in [-0.1, -0.05) is 34.1 Å². The fraction of sp³-hybridized carbons (Fsp3) is 0.211. The second-order valence-corrected chi connectivity index (χ2v) is 6.83. The van der Waals surface area contributed by atoms with Crippen LogP contribution in [0.3, 0.4) is 0 Å². The average Bonchev–Trinajstić information content (AvgIpc) is 2.81. The highest BCUT2D eigenvalue weighted by atomic mass is 79.9. The average molecular weight is 401 g/mol. The third-order valence-corrected chi connectivity index (χ3v) is 4.63. The number of anilines is 1. The number of nitrogens with one attached hydrogen (secondary N) is 1. The lowest BCUT2D eigenvalue weighted by Gasteiger charge is -2.13. The predicted molar refractivity (Wildman–Crippen MR) is 98.6 cm³/mol. The van der Waals surface area contributed by atoms with Gasteiger partial charge in [0, 0.05) is 23.1 Å². The Bertz CT molecular complexity index is 863. The number of rotatable bonds is 5. The fourth-order valence-corrected chi connectivity index (χ4v) is 3.15. The lowest BCUT2D eigenvalue weighted by Crippen LogP contribution is -2.31. The summed E-state index contributed by atoms with van der Waals surface area (Å²) in [6.07, 6.45) is 0.662. The number of halogens is 1. The monoisotopic (exact) mass is 400 g/mol. The molecule has 3 amide bonds. The Hall–Kier alpha value is -2.47. The van der Waals surface area contributed by atoms with Crippen molar-refractivity contribution in [2.75, 3.05) is 11.9 Å². The minimum Gasteiger partial charge on any atom is -0.326 e. The van der Waals surface area contributed by atoms with Crippen molar-refractivity contribution in [1.29, 1.82) is 0 Å². The van der Waals surface area contributed by atoms with Crippen molar-refractivity contribution in [2.45, 2.75) is 19.8 Å². The number of para-hydroxylation sites is 1. The molecule has 0 saturated heterocycles. The molecular weight excluding hydrogens is 384 g/mol. The summed E-state index contributed by atoms with van der Waals surface area (Å²) in [7, 11) is 0. The molecule has 0 saturated carbocycles. The van der Waals surface area contributed by atoms with Crippen molar-refractivity contribution < 1.29 is 14.4 Å². The van der Waals surface area contributed by atoms with Crippen molar-refractivity contribution in [3.63, 3.8) is 0 Å². The number of hydrogen-bond acceptors (Lipinski definition) is 3. The standard InChI is InChI=1S/C19H17BrN2O3/c1-12-5-2-3-6-16(12)21-17(23)7-4-10-22-18(24)14-9-8-13(20)11-15(14)19(22)25/h2-3,5-6,8-9,11H,4,7,10H2,1H3,(H,21,23). The number of amides is 3. The van der Waals surface area contributed by atoms with Crippen LogP contribution in [0.1, 0.15) is 39.1 Å². The van der Waals surface area contributed by atoms with Gasteiger partial charge in [0.05, 0.1) is 11.1 Å². The summed E-state index contributed by atoms with van der Waals surface area (Å²) in [5, 5.41) is 2.85. The van der Waals surface area contributed by atoms with E-state index < -0.39 is 0 Å². The van der Waals surface area contributed by atoms with E-state index in [2.05, 4.69) is 21.2 Å². The normalized spacial score (nSPS) is 13.1. The Morgan fingerprint density at radius 2 is 1.80 bits per heavy atom. The van der Waals surface area contributed by atoms with E-state index in [0.29, 0.717) is 17.5 Å². The molecule has 0 aromatic heterocycles. The van der Waals surface area contributed by atoms with Crippen molar-refractivity contribution in [3.8, 4) is 0 Å². The first-order chi connectivity index (χ1) is 12.0. The predicted octanol–water partition coefficient (Wildman–Crippen LogP) is 3.77. The maximum absolute atomic E-state index is 12.4. The lowest BCUT2D eigenvalue weighted by atomic mass is 10.1. The van der Waals surface area contributed by atoms with Crippen LogP contribution in [0.15, 0.2) is 46.9 Å². The van der Waals surface area contributed by atoms with E-state index in [1.54, 1.807) is 18.2 Å². The van der Waals surface area contributed by atoms with E-state index in [0.717, 1.165) is 15.7 Å². The Balaban J connectivity index is 1.56. The van der Waals surface area contributed by atoms with Gasteiger partial charge in [-0.3, -0.25) is 19.3 Å². The quantitative estimate of drug-likeness (QED) is 0.776.